The Kier molecular flexibility index (Phi) is 4.93. The molecule has 6 heteroatoms. The quantitative estimate of drug-likeness (QED) is 0.786. The van der Waals surface area contributed by atoms with Crippen molar-refractivity contribution in [3.8, 4) is 0 Å². The van der Waals surface area contributed by atoms with Crippen molar-refractivity contribution >= 4 is 11.4 Å². The molecule has 6 nitrogen and oxygen atoms in total. The Morgan fingerprint density at radius 3 is 1.91 bits per heavy atom. The summed E-state index contributed by atoms with van der Waals surface area (Å²) in [7, 11) is 0. The maximum atomic E-state index is 4.35. The van der Waals surface area contributed by atoms with Crippen molar-refractivity contribution in [3.63, 3.8) is 0 Å². The lowest BCUT2D eigenvalue weighted by Gasteiger charge is -2.34. The van der Waals surface area contributed by atoms with E-state index in [0.29, 0.717) is 0 Å². The van der Waals surface area contributed by atoms with E-state index >= 15 is 0 Å². The van der Waals surface area contributed by atoms with Crippen LogP contribution in [0.15, 0.2) is 81.3 Å². The molecule has 1 atom stereocenters. The van der Waals surface area contributed by atoms with Crippen molar-refractivity contribution < 1.29 is 0 Å². The van der Waals surface area contributed by atoms with Crippen LogP contribution in [0.4, 0.5) is 11.4 Å². The molecule has 118 valence electrons. The Morgan fingerprint density at radius 2 is 1.35 bits per heavy atom. The summed E-state index contributed by atoms with van der Waals surface area (Å²) in [6.07, 6.45) is 0. The minimum absolute atomic E-state index is 0.242. The van der Waals surface area contributed by atoms with Crippen molar-refractivity contribution in [3.05, 3.63) is 60.7 Å². The Balaban J connectivity index is 1.55. The third-order valence-corrected chi connectivity index (χ3v) is 3.65. The van der Waals surface area contributed by atoms with Gasteiger partial charge in [0.25, 0.3) is 0 Å². The molecule has 0 aliphatic carbocycles. The largest absolute Gasteiger partial charge is 0.274 e. The van der Waals surface area contributed by atoms with E-state index in [0.717, 1.165) is 31.0 Å². The second-order valence-electron chi connectivity index (χ2n) is 5.47. The minimum atomic E-state index is 0.242. The summed E-state index contributed by atoms with van der Waals surface area (Å²) < 4.78 is 0. The molecule has 1 saturated heterocycles. The average molecular weight is 308 g/mol. The standard InChI is InChI=1S/C17H20N6/c1-15-14-22(20-18-16-8-4-2-5-9-16)12-13-23(15)21-19-17-10-6-3-7-11-17/h2-11,15H,12-14H2,1H3. The normalized spacial score (nSPS) is 18.9. The van der Waals surface area contributed by atoms with E-state index in [1.54, 1.807) is 0 Å². The van der Waals surface area contributed by atoms with E-state index in [9.17, 15) is 0 Å². The molecule has 0 N–H and O–H groups in total. The molecule has 2 aromatic rings. The molecule has 0 radical (unpaired) electrons. The van der Waals surface area contributed by atoms with Crippen LogP contribution in [0.3, 0.4) is 0 Å². The van der Waals surface area contributed by atoms with Crippen molar-refractivity contribution in [1.29, 1.82) is 0 Å². The first kappa shape index (κ1) is 15.1. The fraction of sp³-hybridized carbons (Fsp3) is 0.294. The number of rotatable bonds is 4. The zero-order chi connectivity index (χ0) is 15.9. The Hall–Kier alpha value is -2.76. The van der Waals surface area contributed by atoms with Crippen LogP contribution in [0.25, 0.3) is 0 Å². The Bertz CT molecular complexity index is 655. The lowest BCUT2D eigenvalue weighted by molar-refractivity contribution is 0.0767. The topological polar surface area (TPSA) is 55.9 Å². The highest BCUT2D eigenvalue weighted by Crippen LogP contribution is 2.17. The molecule has 1 aliphatic rings. The van der Waals surface area contributed by atoms with Crippen LogP contribution in [0, 0.1) is 0 Å². The zero-order valence-corrected chi connectivity index (χ0v) is 13.2. The zero-order valence-electron chi connectivity index (χ0n) is 13.2. The number of nitrogens with zero attached hydrogens (tertiary/aromatic N) is 6. The summed E-state index contributed by atoms with van der Waals surface area (Å²) in [6.45, 7) is 4.47. The third-order valence-electron chi connectivity index (χ3n) is 3.65. The molecule has 0 saturated carbocycles. The number of piperazine rings is 1. The first-order valence-corrected chi connectivity index (χ1v) is 7.76. The monoisotopic (exact) mass is 308 g/mol. The summed E-state index contributed by atoms with van der Waals surface area (Å²) in [5, 5.41) is 21.2. The molecule has 1 fully saturated rings. The van der Waals surface area contributed by atoms with Gasteiger partial charge in [-0.2, -0.15) is 0 Å². The van der Waals surface area contributed by atoms with Gasteiger partial charge >= 0.3 is 0 Å². The van der Waals surface area contributed by atoms with Crippen molar-refractivity contribution in [1.82, 2.24) is 10.0 Å². The van der Waals surface area contributed by atoms with Gasteiger partial charge in [0.1, 0.15) is 0 Å². The van der Waals surface area contributed by atoms with Gasteiger partial charge in [-0.3, -0.25) is 10.0 Å². The van der Waals surface area contributed by atoms with Crippen LogP contribution < -0.4 is 0 Å². The maximum absolute atomic E-state index is 4.35. The summed E-state index contributed by atoms with van der Waals surface area (Å²) in [5.41, 5.74) is 1.73. The van der Waals surface area contributed by atoms with Crippen LogP contribution >= 0.6 is 0 Å². The lowest BCUT2D eigenvalue weighted by atomic mass is 10.2. The van der Waals surface area contributed by atoms with E-state index in [2.05, 4.69) is 27.6 Å². The molecule has 0 spiro atoms. The van der Waals surface area contributed by atoms with Gasteiger partial charge < -0.3 is 0 Å². The molecular formula is C17H20N6. The molecular weight excluding hydrogens is 288 g/mol. The number of hydrogen-bond acceptors (Lipinski definition) is 4. The van der Waals surface area contributed by atoms with Crippen molar-refractivity contribution in [2.24, 2.45) is 20.7 Å². The Morgan fingerprint density at radius 1 is 0.783 bits per heavy atom. The van der Waals surface area contributed by atoms with Gasteiger partial charge in [-0.25, -0.2) is 0 Å². The van der Waals surface area contributed by atoms with Crippen LogP contribution in [0.5, 0.6) is 0 Å². The van der Waals surface area contributed by atoms with Gasteiger partial charge in [0.2, 0.25) is 0 Å². The predicted molar refractivity (Wildman–Crippen MR) is 89.7 cm³/mol. The van der Waals surface area contributed by atoms with Crippen LogP contribution in [0.1, 0.15) is 6.92 Å². The molecule has 1 heterocycles. The number of hydrogen-bond donors (Lipinski definition) is 0. The van der Waals surface area contributed by atoms with Gasteiger partial charge in [0, 0.05) is 0 Å². The van der Waals surface area contributed by atoms with Crippen LogP contribution in [-0.2, 0) is 0 Å². The average Bonchev–Trinajstić information content (AvgIpc) is 2.61. The first-order chi connectivity index (χ1) is 11.3. The molecule has 2 aromatic carbocycles. The van der Waals surface area contributed by atoms with E-state index in [1.807, 2.05) is 70.7 Å². The first-order valence-electron chi connectivity index (χ1n) is 7.76. The molecule has 1 unspecified atom stereocenters. The molecule has 1 aliphatic heterocycles. The van der Waals surface area contributed by atoms with Gasteiger partial charge in [-0.05, 0) is 31.2 Å². The second-order valence-corrected chi connectivity index (χ2v) is 5.47. The molecule has 23 heavy (non-hydrogen) atoms. The highest BCUT2D eigenvalue weighted by molar-refractivity contribution is 5.35. The fourth-order valence-corrected chi connectivity index (χ4v) is 2.36. The van der Waals surface area contributed by atoms with Crippen LogP contribution in [-0.4, -0.2) is 35.7 Å². The molecule has 0 amide bonds. The van der Waals surface area contributed by atoms with Crippen LogP contribution in [0.2, 0.25) is 0 Å². The summed E-state index contributed by atoms with van der Waals surface area (Å²) in [4.78, 5) is 0. The van der Waals surface area contributed by atoms with Crippen molar-refractivity contribution in [2.75, 3.05) is 19.6 Å². The maximum Gasteiger partial charge on any atom is 0.0874 e. The highest BCUT2D eigenvalue weighted by Gasteiger charge is 2.22. The second kappa shape index (κ2) is 7.49. The van der Waals surface area contributed by atoms with Gasteiger partial charge in [0.05, 0.1) is 37.1 Å². The predicted octanol–water partition coefficient (Wildman–Crippen LogP) is 4.39. The van der Waals surface area contributed by atoms with Gasteiger partial charge in [0.15, 0.2) is 0 Å². The molecule has 3 rings (SSSR count). The fourth-order valence-electron chi connectivity index (χ4n) is 2.36. The lowest BCUT2D eigenvalue weighted by Crippen LogP contribution is -2.47. The third kappa shape index (κ3) is 4.35. The van der Waals surface area contributed by atoms with Gasteiger partial charge in [-0.1, -0.05) is 46.8 Å². The van der Waals surface area contributed by atoms with Crippen molar-refractivity contribution in [2.45, 2.75) is 13.0 Å². The smallest absolute Gasteiger partial charge is 0.0874 e. The highest BCUT2D eigenvalue weighted by atomic mass is 15.6. The number of benzene rings is 2. The summed E-state index contributed by atoms with van der Waals surface area (Å²) >= 11 is 0. The van der Waals surface area contributed by atoms with E-state index in [4.69, 9.17) is 0 Å². The molecule has 0 bridgehead atoms. The molecule has 0 aromatic heterocycles. The van der Waals surface area contributed by atoms with E-state index in [-0.39, 0.29) is 6.04 Å². The minimum Gasteiger partial charge on any atom is -0.274 e. The van der Waals surface area contributed by atoms with E-state index in [1.165, 1.54) is 0 Å². The Labute approximate surface area is 136 Å². The SMILES string of the molecule is CC1CN(N=Nc2ccccc2)CCN1N=Nc1ccccc1. The summed E-state index contributed by atoms with van der Waals surface area (Å²) in [6, 6.07) is 19.8. The summed E-state index contributed by atoms with van der Waals surface area (Å²) in [5.74, 6) is 0. The van der Waals surface area contributed by atoms with Gasteiger partial charge in [-0.15, -0.1) is 10.2 Å². The van der Waals surface area contributed by atoms with E-state index < -0.39 is 0 Å².